The van der Waals surface area contributed by atoms with E-state index in [2.05, 4.69) is 5.32 Å². The van der Waals surface area contributed by atoms with Crippen molar-refractivity contribution in [3.8, 4) is 0 Å². The van der Waals surface area contributed by atoms with Crippen LogP contribution in [0.4, 0.5) is 10.5 Å². The molecule has 1 aliphatic rings. The van der Waals surface area contributed by atoms with Gasteiger partial charge in [-0.25, -0.2) is 4.79 Å². The summed E-state index contributed by atoms with van der Waals surface area (Å²) in [4.78, 5) is 39.9. The van der Waals surface area contributed by atoms with Gasteiger partial charge in [0.15, 0.2) is 0 Å². The molecule has 7 heteroatoms. The summed E-state index contributed by atoms with van der Waals surface area (Å²) in [7, 11) is 0. The highest BCUT2D eigenvalue weighted by Crippen LogP contribution is 2.22. The molecule has 0 atom stereocenters. The zero-order valence-corrected chi connectivity index (χ0v) is 17.5. The van der Waals surface area contributed by atoms with Crippen LogP contribution in [0, 0.1) is 20.8 Å². The first-order chi connectivity index (χ1) is 13.2. The Morgan fingerprint density at radius 2 is 1.71 bits per heavy atom. The van der Waals surface area contributed by atoms with Gasteiger partial charge in [0.1, 0.15) is 6.54 Å². The van der Waals surface area contributed by atoms with Crippen LogP contribution in [0.25, 0.3) is 0 Å². The molecule has 1 heterocycles. The zero-order valence-electron chi connectivity index (χ0n) is 17.5. The fourth-order valence-electron chi connectivity index (χ4n) is 3.78. The molecule has 1 fully saturated rings. The van der Waals surface area contributed by atoms with E-state index >= 15 is 0 Å². The van der Waals surface area contributed by atoms with Crippen molar-refractivity contribution in [1.82, 2.24) is 9.80 Å². The minimum Gasteiger partial charge on any atom is -0.450 e. The van der Waals surface area contributed by atoms with Crippen LogP contribution in [0.1, 0.15) is 43.4 Å². The minimum absolute atomic E-state index is 0.00611. The van der Waals surface area contributed by atoms with Crippen molar-refractivity contribution < 1.29 is 19.1 Å². The number of carbonyl (C=O) groups excluding carboxylic acids is 3. The summed E-state index contributed by atoms with van der Waals surface area (Å²) in [6.07, 6.45) is 0.945. The second-order valence-electron chi connectivity index (χ2n) is 7.39. The fraction of sp³-hybridized carbons (Fsp3) is 0.571. The number of likely N-dealkylation sites (tertiary alicyclic amines) is 1. The maximum Gasteiger partial charge on any atom is 0.409 e. The number of amides is 3. The van der Waals surface area contributed by atoms with Crippen LogP contribution in [0.15, 0.2) is 12.1 Å². The third kappa shape index (κ3) is 5.47. The van der Waals surface area contributed by atoms with E-state index in [1.165, 1.54) is 6.92 Å². The average molecular weight is 389 g/mol. The highest BCUT2D eigenvalue weighted by atomic mass is 16.6. The number of piperidine rings is 1. The Morgan fingerprint density at radius 3 is 2.21 bits per heavy atom. The smallest absolute Gasteiger partial charge is 0.409 e. The standard InChI is InChI=1S/C21H31N3O4/c1-6-28-21(27)23-9-7-18(8-10-23)24(17(5)25)13-19(26)22-20-15(3)11-14(2)12-16(20)4/h11-12,18H,6-10,13H2,1-5H3,(H,22,26). The van der Waals surface area contributed by atoms with Crippen molar-refractivity contribution in [2.75, 3.05) is 31.6 Å². The Bertz CT molecular complexity index is 716. The predicted octanol–water partition coefficient (Wildman–Crippen LogP) is 3.02. The molecule has 0 aromatic heterocycles. The van der Waals surface area contributed by atoms with Gasteiger partial charge in [0.05, 0.1) is 6.61 Å². The fourth-order valence-corrected chi connectivity index (χ4v) is 3.78. The first kappa shape index (κ1) is 21.7. The van der Waals surface area contributed by atoms with Crippen molar-refractivity contribution in [3.05, 3.63) is 28.8 Å². The number of aryl methyl sites for hydroxylation is 3. The van der Waals surface area contributed by atoms with Crippen LogP contribution < -0.4 is 5.32 Å². The van der Waals surface area contributed by atoms with Gasteiger partial charge in [-0.15, -0.1) is 0 Å². The van der Waals surface area contributed by atoms with Gasteiger partial charge in [-0.1, -0.05) is 17.7 Å². The largest absolute Gasteiger partial charge is 0.450 e. The molecule has 7 nitrogen and oxygen atoms in total. The lowest BCUT2D eigenvalue weighted by atomic mass is 10.0. The molecule has 1 aromatic rings. The molecule has 0 saturated carbocycles. The molecule has 0 aliphatic carbocycles. The highest BCUT2D eigenvalue weighted by Gasteiger charge is 2.30. The SMILES string of the molecule is CCOC(=O)N1CCC(N(CC(=O)Nc2c(C)cc(C)cc2C)C(C)=O)CC1. The first-order valence-electron chi connectivity index (χ1n) is 9.79. The number of nitrogens with zero attached hydrogens (tertiary/aromatic N) is 2. The number of rotatable bonds is 5. The third-order valence-electron chi connectivity index (χ3n) is 5.09. The molecule has 1 saturated heterocycles. The van der Waals surface area contributed by atoms with Crippen LogP contribution >= 0.6 is 0 Å². The average Bonchev–Trinajstić information content (AvgIpc) is 2.63. The normalized spacial score (nSPS) is 14.5. The van der Waals surface area contributed by atoms with E-state index in [1.807, 2.05) is 32.9 Å². The summed E-state index contributed by atoms with van der Waals surface area (Å²) in [6, 6.07) is 3.99. The molecule has 28 heavy (non-hydrogen) atoms. The van der Waals surface area contributed by atoms with E-state index in [0.29, 0.717) is 32.5 Å². The van der Waals surface area contributed by atoms with E-state index < -0.39 is 0 Å². The molecular formula is C21H31N3O4. The monoisotopic (exact) mass is 389 g/mol. The lowest BCUT2D eigenvalue weighted by molar-refractivity contribution is -0.136. The van der Waals surface area contributed by atoms with Gasteiger partial charge in [0.2, 0.25) is 11.8 Å². The summed E-state index contributed by atoms with van der Waals surface area (Å²) in [5.74, 6) is -0.347. The number of hydrogen-bond acceptors (Lipinski definition) is 4. The predicted molar refractivity (Wildman–Crippen MR) is 108 cm³/mol. The number of ether oxygens (including phenoxy) is 1. The van der Waals surface area contributed by atoms with E-state index in [9.17, 15) is 14.4 Å². The molecule has 0 unspecified atom stereocenters. The van der Waals surface area contributed by atoms with Crippen LogP contribution in [0.3, 0.4) is 0 Å². The summed E-state index contributed by atoms with van der Waals surface area (Å²) in [6.45, 7) is 10.6. The molecule has 0 spiro atoms. The Morgan fingerprint density at radius 1 is 1.14 bits per heavy atom. The molecule has 154 valence electrons. The number of carbonyl (C=O) groups is 3. The van der Waals surface area contributed by atoms with Gasteiger partial charge in [0.25, 0.3) is 0 Å². The second kappa shape index (κ2) is 9.57. The lowest BCUT2D eigenvalue weighted by Gasteiger charge is -2.37. The number of hydrogen-bond donors (Lipinski definition) is 1. The van der Waals surface area contributed by atoms with Crippen molar-refractivity contribution in [1.29, 1.82) is 0 Å². The molecule has 2 rings (SSSR count). The van der Waals surface area contributed by atoms with Crippen molar-refractivity contribution in [3.63, 3.8) is 0 Å². The third-order valence-corrected chi connectivity index (χ3v) is 5.09. The van der Waals surface area contributed by atoms with Gasteiger partial charge >= 0.3 is 6.09 Å². The van der Waals surface area contributed by atoms with Crippen LogP contribution in [-0.2, 0) is 14.3 Å². The number of benzene rings is 1. The molecule has 0 radical (unpaired) electrons. The van der Waals surface area contributed by atoms with Gasteiger partial charge in [-0.2, -0.15) is 0 Å². The van der Waals surface area contributed by atoms with Crippen LogP contribution in [-0.4, -0.2) is 60.0 Å². The topological polar surface area (TPSA) is 79.0 Å². The maximum absolute atomic E-state index is 12.6. The summed E-state index contributed by atoms with van der Waals surface area (Å²) in [5, 5.41) is 2.96. The number of anilines is 1. The molecule has 1 aliphatic heterocycles. The van der Waals surface area contributed by atoms with Crippen molar-refractivity contribution in [2.45, 2.75) is 53.5 Å². The minimum atomic E-state index is -0.321. The van der Waals surface area contributed by atoms with E-state index in [4.69, 9.17) is 4.74 Å². The Balaban J connectivity index is 1.99. The van der Waals surface area contributed by atoms with E-state index in [-0.39, 0.29) is 30.5 Å². The maximum atomic E-state index is 12.6. The van der Waals surface area contributed by atoms with Crippen LogP contribution in [0.2, 0.25) is 0 Å². The first-order valence-corrected chi connectivity index (χ1v) is 9.79. The van der Waals surface area contributed by atoms with Crippen molar-refractivity contribution >= 4 is 23.6 Å². The van der Waals surface area contributed by atoms with Crippen LogP contribution in [0.5, 0.6) is 0 Å². The van der Waals surface area contributed by atoms with E-state index in [0.717, 1.165) is 22.4 Å². The highest BCUT2D eigenvalue weighted by molar-refractivity contribution is 5.95. The quantitative estimate of drug-likeness (QED) is 0.840. The molecule has 1 N–H and O–H groups in total. The summed E-state index contributed by atoms with van der Waals surface area (Å²) in [5.41, 5.74) is 3.95. The van der Waals surface area contributed by atoms with E-state index in [1.54, 1.807) is 16.7 Å². The lowest BCUT2D eigenvalue weighted by Crippen LogP contribution is -2.50. The Hall–Kier alpha value is -2.57. The molecule has 1 aromatic carbocycles. The van der Waals surface area contributed by atoms with Gasteiger partial charge in [-0.3, -0.25) is 9.59 Å². The number of nitrogens with one attached hydrogen (secondary N) is 1. The van der Waals surface area contributed by atoms with Gasteiger partial charge in [-0.05, 0) is 51.7 Å². The Kier molecular flexibility index (Phi) is 7.43. The van der Waals surface area contributed by atoms with Crippen molar-refractivity contribution in [2.24, 2.45) is 0 Å². The second-order valence-corrected chi connectivity index (χ2v) is 7.39. The van der Waals surface area contributed by atoms with Gasteiger partial charge in [0, 0.05) is 31.7 Å². The molecule has 0 bridgehead atoms. The summed E-state index contributed by atoms with van der Waals surface area (Å²) < 4.78 is 5.03. The summed E-state index contributed by atoms with van der Waals surface area (Å²) >= 11 is 0. The zero-order chi connectivity index (χ0) is 20.8. The van der Waals surface area contributed by atoms with Gasteiger partial charge < -0.3 is 19.9 Å². The Labute approximate surface area is 167 Å². The molecule has 3 amide bonds. The molecular weight excluding hydrogens is 358 g/mol.